The first kappa shape index (κ1) is 14.2. The van der Waals surface area contributed by atoms with Crippen molar-refractivity contribution in [1.82, 2.24) is 20.3 Å². The molecule has 0 unspecified atom stereocenters. The minimum Gasteiger partial charge on any atom is -0.354 e. The molecule has 0 aliphatic rings. The Balaban J connectivity index is 1.75. The van der Waals surface area contributed by atoms with E-state index < -0.39 is 0 Å². The molecule has 1 aromatic carbocycles. The zero-order valence-electron chi connectivity index (χ0n) is 11.9. The molecule has 2 aromatic heterocycles. The number of nitrogens with zero attached hydrogens (tertiary/aromatic N) is 2. The SMILES string of the molecule is CNC(=O)c1cnc(C=Cc2ncc(-c3ccccc3)[nH]2)s1. The highest BCUT2D eigenvalue weighted by atomic mass is 32.1. The molecule has 3 rings (SSSR count). The number of benzene rings is 1. The minimum atomic E-state index is -0.124. The van der Waals surface area contributed by atoms with Gasteiger partial charge in [-0.2, -0.15) is 0 Å². The summed E-state index contributed by atoms with van der Waals surface area (Å²) < 4.78 is 0. The van der Waals surface area contributed by atoms with E-state index in [-0.39, 0.29) is 5.91 Å². The van der Waals surface area contributed by atoms with E-state index in [9.17, 15) is 4.79 Å². The van der Waals surface area contributed by atoms with Crippen LogP contribution in [0.4, 0.5) is 0 Å². The molecule has 3 aromatic rings. The molecule has 0 spiro atoms. The summed E-state index contributed by atoms with van der Waals surface area (Å²) in [6, 6.07) is 10.0. The van der Waals surface area contributed by atoms with Crippen LogP contribution in [0.15, 0.2) is 42.7 Å². The van der Waals surface area contributed by atoms with Crippen LogP contribution in [0.3, 0.4) is 0 Å². The predicted octanol–water partition coefficient (Wildman–Crippen LogP) is 3.06. The molecular formula is C16H14N4OS. The second kappa shape index (κ2) is 6.36. The van der Waals surface area contributed by atoms with Gasteiger partial charge in [-0.15, -0.1) is 11.3 Å². The topological polar surface area (TPSA) is 70.7 Å². The van der Waals surface area contributed by atoms with Gasteiger partial charge in [0.05, 0.1) is 18.1 Å². The monoisotopic (exact) mass is 310 g/mol. The first-order chi connectivity index (χ1) is 10.8. The second-order valence-electron chi connectivity index (χ2n) is 4.52. The van der Waals surface area contributed by atoms with Gasteiger partial charge >= 0.3 is 0 Å². The van der Waals surface area contributed by atoms with Crippen LogP contribution in [0, 0.1) is 0 Å². The van der Waals surface area contributed by atoms with E-state index in [0.29, 0.717) is 4.88 Å². The molecule has 0 aliphatic heterocycles. The summed E-state index contributed by atoms with van der Waals surface area (Å²) in [6.07, 6.45) is 7.05. The van der Waals surface area contributed by atoms with Gasteiger partial charge in [-0.1, -0.05) is 30.3 Å². The lowest BCUT2D eigenvalue weighted by molar-refractivity contribution is 0.0967. The van der Waals surface area contributed by atoms with E-state index >= 15 is 0 Å². The summed E-state index contributed by atoms with van der Waals surface area (Å²) in [6.45, 7) is 0. The van der Waals surface area contributed by atoms with Crippen molar-refractivity contribution < 1.29 is 4.79 Å². The number of hydrogen-bond donors (Lipinski definition) is 2. The Morgan fingerprint density at radius 3 is 2.77 bits per heavy atom. The summed E-state index contributed by atoms with van der Waals surface area (Å²) in [5, 5.41) is 3.34. The number of aromatic amines is 1. The largest absolute Gasteiger partial charge is 0.354 e. The van der Waals surface area contributed by atoms with Gasteiger partial charge in [0.2, 0.25) is 0 Å². The van der Waals surface area contributed by atoms with Crippen LogP contribution in [-0.2, 0) is 0 Å². The molecule has 1 amide bonds. The van der Waals surface area contributed by atoms with Crippen molar-refractivity contribution in [3.05, 3.63) is 58.4 Å². The van der Waals surface area contributed by atoms with Crippen LogP contribution in [0.5, 0.6) is 0 Å². The van der Waals surface area contributed by atoms with Crippen molar-refractivity contribution in [1.29, 1.82) is 0 Å². The molecule has 0 atom stereocenters. The molecule has 5 nitrogen and oxygen atoms in total. The highest BCUT2D eigenvalue weighted by molar-refractivity contribution is 7.14. The molecule has 0 radical (unpaired) electrons. The zero-order valence-corrected chi connectivity index (χ0v) is 12.7. The summed E-state index contributed by atoms with van der Waals surface area (Å²) in [5.74, 6) is 0.622. The van der Waals surface area contributed by atoms with Crippen LogP contribution in [0.1, 0.15) is 20.5 Å². The number of carbonyl (C=O) groups excluding carboxylic acids is 1. The number of thiazole rings is 1. The molecule has 0 bridgehead atoms. The van der Waals surface area contributed by atoms with E-state index in [1.807, 2.05) is 42.5 Å². The number of aromatic nitrogens is 3. The molecule has 0 saturated carbocycles. The second-order valence-corrected chi connectivity index (χ2v) is 5.59. The molecular weight excluding hydrogens is 296 g/mol. The summed E-state index contributed by atoms with van der Waals surface area (Å²) in [7, 11) is 1.60. The zero-order chi connectivity index (χ0) is 15.4. The standard InChI is InChI=1S/C16H14N4OS/c1-17-16(21)13-10-19-15(22-13)8-7-14-18-9-12(20-14)11-5-3-2-4-6-11/h2-10H,1H3,(H,17,21)(H,18,20). The van der Waals surface area contributed by atoms with Crippen LogP contribution >= 0.6 is 11.3 Å². The quantitative estimate of drug-likeness (QED) is 0.778. The van der Waals surface area contributed by atoms with Crippen LogP contribution in [0.25, 0.3) is 23.4 Å². The van der Waals surface area contributed by atoms with E-state index in [1.54, 1.807) is 19.4 Å². The number of rotatable bonds is 4. The summed E-state index contributed by atoms with van der Waals surface area (Å²) in [5.41, 5.74) is 2.05. The Morgan fingerprint density at radius 1 is 1.18 bits per heavy atom. The molecule has 110 valence electrons. The van der Waals surface area contributed by atoms with Crippen LogP contribution in [0.2, 0.25) is 0 Å². The number of hydrogen-bond acceptors (Lipinski definition) is 4. The van der Waals surface area contributed by atoms with Gasteiger partial charge in [0, 0.05) is 7.05 Å². The third-order valence-electron chi connectivity index (χ3n) is 3.04. The Kier molecular flexibility index (Phi) is 4.11. The van der Waals surface area contributed by atoms with Crippen molar-refractivity contribution in [3.8, 4) is 11.3 Å². The lowest BCUT2D eigenvalue weighted by Gasteiger charge is -1.94. The van der Waals surface area contributed by atoms with Gasteiger partial charge in [-0.25, -0.2) is 9.97 Å². The molecule has 2 N–H and O–H groups in total. The van der Waals surface area contributed by atoms with E-state index in [4.69, 9.17) is 0 Å². The molecule has 22 heavy (non-hydrogen) atoms. The lowest BCUT2D eigenvalue weighted by Crippen LogP contribution is -2.16. The van der Waals surface area contributed by atoms with Crippen molar-refractivity contribution in [3.63, 3.8) is 0 Å². The fraction of sp³-hybridized carbons (Fsp3) is 0.0625. The fourth-order valence-electron chi connectivity index (χ4n) is 1.93. The molecule has 2 heterocycles. The number of nitrogens with one attached hydrogen (secondary N) is 2. The Labute approximate surface area is 131 Å². The maximum Gasteiger partial charge on any atom is 0.262 e. The number of amides is 1. The third kappa shape index (κ3) is 3.12. The molecule has 0 aliphatic carbocycles. The molecule has 6 heteroatoms. The highest BCUT2D eigenvalue weighted by Gasteiger charge is 2.07. The summed E-state index contributed by atoms with van der Waals surface area (Å²) >= 11 is 1.34. The normalized spacial score (nSPS) is 11.0. The van der Waals surface area contributed by atoms with Crippen molar-refractivity contribution in [2.24, 2.45) is 0 Å². The van der Waals surface area contributed by atoms with Gasteiger partial charge in [-0.3, -0.25) is 4.79 Å². The van der Waals surface area contributed by atoms with Gasteiger partial charge in [0.25, 0.3) is 5.91 Å². The van der Waals surface area contributed by atoms with Crippen molar-refractivity contribution in [2.45, 2.75) is 0 Å². The van der Waals surface area contributed by atoms with Gasteiger partial charge in [-0.05, 0) is 17.7 Å². The highest BCUT2D eigenvalue weighted by Crippen LogP contribution is 2.18. The Hall–Kier alpha value is -2.73. The first-order valence-electron chi connectivity index (χ1n) is 6.72. The fourth-order valence-corrected chi connectivity index (χ4v) is 2.70. The van der Waals surface area contributed by atoms with E-state index in [2.05, 4.69) is 20.3 Å². The van der Waals surface area contributed by atoms with E-state index in [1.165, 1.54) is 11.3 Å². The number of imidazole rings is 1. The Bertz CT molecular complexity index is 804. The maximum absolute atomic E-state index is 11.5. The van der Waals surface area contributed by atoms with Gasteiger partial charge in [0.1, 0.15) is 15.7 Å². The minimum absolute atomic E-state index is 0.124. The number of carbonyl (C=O) groups is 1. The smallest absolute Gasteiger partial charge is 0.262 e. The average molecular weight is 310 g/mol. The van der Waals surface area contributed by atoms with Crippen LogP contribution in [-0.4, -0.2) is 27.9 Å². The lowest BCUT2D eigenvalue weighted by atomic mass is 10.2. The van der Waals surface area contributed by atoms with E-state index in [0.717, 1.165) is 22.1 Å². The van der Waals surface area contributed by atoms with Gasteiger partial charge < -0.3 is 10.3 Å². The Morgan fingerprint density at radius 2 is 2.00 bits per heavy atom. The van der Waals surface area contributed by atoms with Crippen LogP contribution < -0.4 is 5.32 Å². The third-order valence-corrected chi connectivity index (χ3v) is 4.00. The molecule has 0 saturated heterocycles. The predicted molar refractivity (Wildman–Crippen MR) is 88.5 cm³/mol. The first-order valence-corrected chi connectivity index (χ1v) is 7.54. The maximum atomic E-state index is 11.5. The number of H-pyrrole nitrogens is 1. The molecule has 0 fully saturated rings. The van der Waals surface area contributed by atoms with Crippen molar-refractivity contribution >= 4 is 29.4 Å². The average Bonchev–Trinajstić information content (AvgIpc) is 3.22. The van der Waals surface area contributed by atoms with Gasteiger partial charge in [0.15, 0.2) is 0 Å². The van der Waals surface area contributed by atoms with Crippen molar-refractivity contribution in [2.75, 3.05) is 7.05 Å². The summed E-state index contributed by atoms with van der Waals surface area (Å²) in [4.78, 5) is 23.8.